The molecule has 40 heavy (non-hydrogen) atoms. The van der Waals surface area contributed by atoms with Gasteiger partial charge >= 0.3 is 0 Å². The van der Waals surface area contributed by atoms with Crippen LogP contribution in [-0.2, 0) is 4.79 Å². The molecule has 1 aliphatic heterocycles. The summed E-state index contributed by atoms with van der Waals surface area (Å²) in [6.07, 6.45) is 0.751. The quantitative estimate of drug-likeness (QED) is 0.282. The van der Waals surface area contributed by atoms with Gasteiger partial charge < -0.3 is 10.1 Å². The van der Waals surface area contributed by atoms with Gasteiger partial charge in [-0.05, 0) is 78.1 Å². The lowest BCUT2D eigenvalue weighted by atomic mass is 9.78. The molecule has 1 aliphatic carbocycles. The number of hydrogen-bond acceptors (Lipinski definition) is 4. The first kappa shape index (κ1) is 25.8. The highest BCUT2D eigenvalue weighted by Gasteiger charge is 2.42. The molecular weight excluding hydrogens is 527 g/mol. The summed E-state index contributed by atoms with van der Waals surface area (Å²) in [5.41, 5.74) is 4.57. The third-order valence-corrected chi connectivity index (χ3v) is 7.93. The van der Waals surface area contributed by atoms with Gasteiger partial charge in [-0.25, -0.2) is 4.39 Å². The average molecular weight is 553 g/mol. The third kappa shape index (κ3) is 4.65. The van der Waals surface area contributed by atoms with E-state index >= 15 is 0 Å². The lowest BCUT2D eigenvalue weighted by molar-refractivity contribution is -0.116. The zero-order chi connectivity index (χ0) is 27.8. The minimum Gasteiger partial charge on any atom is -0.497 e. The van der Waals surface area contributed by atoms with Crippen LogP contribution < -0.4 is 15.0 Å². The molecule has 2 aliphatic rings. The summed E-state index contributed by atoms with van der Waals surface area (Å²) >= 11 is 6.77. The summed E-state index contributed by atoms with van der Waals surface area (Å²) in [7, 11) is 1.57. The van der Waals surface area contributed by atoms with E-state index in [9.17, 15) is 14.0 Å². The number of carbonyl (C=O) groups excluding carboxylic acids is 2. The van der Waals surface area contributed by atoms with E-state index in [2.05, 4.69) is 5.32 Å². The van der Waals surface area contributed by atoms with Crippen molar-refractivity contribution in [1.82, 2.24) is 0 Å². The first-order valence-corrected chi connectivity index (χ1v) is 13.4. The number of nitrogens with one attached hydrogen (secondary N) is 1. The fourth-order valence-corrected chi connectivity index (χ4v) is 5.89. The Balaban J connectivity index is 1.55. The molecule has 1 N–H and O–H groups in total. The van der Waals surface area contributed by atoms with Gasteiger partial charge in [0.05, 0.1) is 24.5 Å². The van der Waals surface area contributed by atoms with Crippen LogP contribution in [-0.4, -0.2) is 18.8 Å². The maximum atomic E-state index is 14.4. The highest BCUT2D eigenvalue weighted by molar-refractivity contribution is 6.31. The molecule has 1 heterocycles. The van der Waals surface area contributed by atoms with E-state index < -0.39 is 6.04 Å². The summed E-state index contributed by atoms with van der Waals surface area (Å²) in [6.45, 7) is 0. The molecule has 1 amide bonds. The molecule has 0 spiro atoms. The Morgan fingerprint density at radius 2 is 1.62 bits per heavy atom. The molecule has 0 saturated carbocycles. The second-order valence-electron chi connectivity index (χ2n) is 9.94. The van der Waals surface area contributed by atoms with Gasteiger partial charge in [-0.3, -0.25) is 14.5 Å². The average Bonchev–Trinajstić information content (AvgIpc) is 3.12. The van der Waals surface area contributed by atoms with E-state index in [-0.39, 0.29) is 29.8 Å². The van der Waals surface area contributed by atoms with Gasteiger partial charge in [0, 0.05) is 28.3 Å². The van der Waals surface area contributed by atoms with Gasteiger partial charge in [-0.2, -0.15) is 0 Å². The van der Waals surface area contributed by atoms with Gasteiger partial charge in [0.1, 0.15) is 11.6 Å². The van der Waals surface area contributed by atoms with Crippen molar-refractivity contribution in [3.63, 3.8) is 0 Å². The van der Waals surface area contributed by atoms with Crippen LogP contribution >= 0.6 is 11.6 Å². The molecule has 0 unspecified atom stereocenters. The second kappa shape index (κ2) is 10.6. The molecule has 2 atom stereocenters. The number of ether oxygens (including phenoxy) is 1. The van der Waals surface area contributed by atoms with Crippen molar-refractivity contribution >= 4 is 34.7 Å². The number of rotatable bonds is 4. The number of halogens is 2. The molecule has 200 valence electrons. The lowest BCUT2D eigenvalue weighted by Gasteiger charge is -2.35. The second-order valence-corrected chi connectivity index (χ2v) is 10.3. The topological polar surface area (TPSA) is 58.6 Å². The first-order valence-electron chi connectivity index (χ1n) is 13.0. The fourth-order valence-electron chi connectivity index (χ4n) is 5.65. The van der Waals surface area contributed by atoms with Crippen molar-refractivity contribution in [3.05, 3.63) is 136 Å². The largest absolute Gasteiger partial charge is 0.497 e. The van der Waals surface area contributed by atoms with Gasteiger partial charge in [0.25, 0.3) is 5.91 Å². The number of anilines is 2. The van der Waals surface area contributed by atoms with Crippen LogP contribution in [0, 0.1) is 5.82 Å². The molecule has 4 aromatic carbocycles. The molecule has 4 aromatic rings. The maximum absolute atomic E-state index is 14.4. The Morgan fingerprint density at radius 3 is 2.35 bits per heavy atom. The van der Waals surface area contributed by atoms with Crippen LogP contribution in [0.15, 0.2) is 108 Å². The Labute approximate surface area is 236 Å². The Kier molecular flexibility index (Phi) is 6.86. The van der Waals surface area contributed by atoms with Crippen LogP contribution in [0.25, 0.3) is 0 Å². The minimum atomic E-state index is -0.767. The number of para-hydroxylation sites is 2. The molecular formula is C33H26ClFN2O3. The molecule has 6 rings (SSSR count). The summed E-state index contributed by atoms with van der Waals surface area (Å²) in [5.74, 6) is -0.185. The molecule has 0 radical (unpaired) electrons. The van der Waals surface area contributed by atoms with Crippen LogP contribution in [0.2, 0.25) is 5.02 Å². The van der Waals surface area contributed by atoms with E-state index in [0.717, 1.165) is 11.3 Å². The Morgan fingerprint density at radius 1 is 0.925 bits per heavy atom. The number of amides is 1. The van der Waals surface area contributed by atoms with Crippen LogP contribution in [0.1, 0.15) is 46.3 Å². The predicted octanol–water partition coefficient (Wildman–Crippen LogP) is 7.70. The smallest absolute Gasteiger partial charge is 0.259 e. The minimum absolute atomic E-state index is 0.0895. The van der Waals surface area contributed by atoms with Crippen LogP contribution in [0.5, 0.6) is 5.75 Å². The first-order chi connectivity index (χ1) is 19.4. The monoisotopic (exact) mass is 552 g/mol. The van der Waals surface area contributed by atoms with Gasteiger partial charge in [0.15, 0.2) is 5.78 Å². The van der Waals surface area contributed by atoms with Crippen molar-refractivity contribution < 1.29 is 18.7 Å². The number of fused-ring (bicyclic) bond motifs is 1. The Hall–Kier alpha value is -4.42. The zero-order valence-corrected chi connectivity index (χ0v) is 22.5. The molecule has 0 aromatic heterocycles. The van der Waals surface area contributed by atoms with Crippen molar-refractivity contribution in [1.29, 1.82) is 0 Å². The van der Waals surface area contributed by atoms with Crippen molar-refractivity contribution in [2.45, 2.75) is 24.8 Å². The van der Waals surface area contributed by atoms with Crippen LogP contribution in [0.3, 0.4) is 0 Å². The van der Waals surface area contributed by atoms with E-state index in [1.165, 1.54) is 12.1 Å². The van der Waals surface area contributed by atoms with E-state index in [4.69, 9.17) is 16.3 Å². The summed E-state index contributed by atoms with van der Waals surface area (Å²) < 4.78 is 18.9. The number of hydrogen-bond donors (Lipinski definition) is 1. The normalized spacial score (nSPS) is 18.4. The Bertz CT molecular complexity index is 1630. The number of methoxy groups -OCH3 is 1. The molecule has 0 bridgehead atoms. The summed E-state index contributed by atoms with van der Waals surface area (Å²) in [5, 5.41) is 3.96. The van der Waals surface area contributed by atoms with E-state index in [1.807, 2.05) is 42.5 Å². The van der Waals surface area contributed by atoms with Crippen molar-refractivity contribution in [2.24, 2.45) is 0 Å². The SMILES string of the molecule is COc1ccc(C(=O)N2c3ccccc3NC3=C(C(=O)C[C@H](c4ccc(F)cc4)C3)[C@H]2c2ccccc2Cl)cc1. The lowest BCUT2D eigenvalue weighted by Crippen LogP contribution is -2.38. The number of allylic oxidation sites excluding steroid dienone is 1. The van der Waals surface area contributed by atoms with Crippen molar-refractivity contribution in [2.75, 3.05) is 17.3 Å². The number of ketones is 1. The molecule has 0 saturated heterocycles. The standard InChI is InChI=1S/C33H26ClFN2O3/c1-40-24-16-12-21(13-17-24)33(39)37-29-9-5-4-8-27(29)36-28-18-22(20-10-14-23(35)15-11-20)19-30(38)31(28)32(37)25-6-2-3-7-26(25)34/h2-17,22,32,36H,18-19H2,1H3/t22-,32-/m1/s1. The number of nitrogens with zero attached hydrogens (tertiary/aromatic N) is 1. The third-order valence-electron chi connectivity index (χ3n) is 7.59. The van der Waals surface area contributed by atoms with Gasteiger partial charge in [-0.15, -0.1) is 0 Å². The predicted molar refractivity (Wildman–Crippen MR) is 154 cm³/mol. The van der Waals surface area contributed by atoms with Crippen molar-refractivity contribution in [3.8, 4) is 5.75 Å². The molecule has 7 heteroatoms. The maximum Gasteiger partial charge on any atom is 0.259 e. The number of carbonyl (C=O) groups is 2. The summed E-state index contributed by atoms with van der Waals surface area (Å²) in [6, 6.07) is 27.3. The van der Waals surface area contributed by atoms with Gasteiger partial charge in [-0.1, -0.05) is 54.1 Å². The highest BCUT2D eigenvalue weighted by atomic mass is 35.5. The molecule has 5 nitrogen and oxygen atoms in total. The van der Waals surface area contributed by atoms with E-state index in [0.29, 0.717) is 45.3 Å². The number of Topliss-reactive ketones (excluding diaryl/α,β-unsaturated/α-hetero) is 1. The van der Waals surface area contributed by atoms with Gasteiger partial charge in [0.2, 0.25) is 0 Å². The van der Waals surface area contributed by atoms with Crippen LogP contribution in [0.4, 0.5) is 15.8 Å². The highest BCUT2D eigenvalue weighted by Crippen LogP contribution is 2.49. The summed E-state index contributed by atoms with van der Waals surface area (Å²) in [4.78, 5) is 30.1. The molecule has 0 fully saturated rings. The van der Waals surface area contributed by atoms with E-state index in [1.54, 1.807) is 54.5 Å². The number of benzene rings is 4. The zero-order valence-electron chi connectivity index (χ0n) is 21.7. The fraction of sp³-hybridized carbons (Fsp3) is 0.152.